The molecule has 4 amide bonds. The van der Waals surface area contributed by atoms with Crippen LogP contribution in [-0.4, -0.2) is 29.3 Å². The maximum Gasteiger partial charge on any atom is 0.325 e. The Bertz CT molecular complexity index is 879. The second-order valence-electron chi connectivity index (χ2n) is 7.10. The van der Waals surface area contributed by atoms with Crippen LogP contribution in [-0.2, 0) is 15.1 Å². The summed E-state index contributed by atoms with van der Waals surface area (Å²) in [5.41, 5.74) is 1.19. The van der Waals surface area contributed by atoms with Crippen molar-refractivity contribution in [1.82, 2.24) is 10.2 Å². The third-order valence-corrected chi connectivity index (χ3v) is 4.78. The number of nitrogens with zero attached hydrogens (tertiary/aromatic N) is 1. The van der Waals surface area contributed by atoms with Crippen LogP contribution in [0.4, 0.5) is 10.5 Å². The van der Waals surface area contributed by atoms with Gasteiger partial charge in [0, 0.05) is 5.69 Å². The lowest BCUT2D eigenvalue weighted by Crippen LogP contribution is -2.42. The number of benzene rings is 2. The number of rotatable bonds is 5. The van der Waals surface area contributed by atoms with Crippen LogP contribution in [0.15, 0.2) is 54.6 Å². The van der Waals surface area contributed by atoms with Crippen molar-refractivity contribution in [2.75, 3.05) is 11.9 Å². The Morgan fingerprint density at radius 2 is 1.70 bits per heavy atom. The summed E-state index contributed by atoms with van der Waals surface area (Å²) >= 11 is 0. The van der Waals surface area contributed by atoms with Crippen molar-refractivity contribution in [3.05, 3.63) is 65.7 Å². The lowest BCUT2D eigenvalue weighted by molar-refractivity contribution is -0.133. The zero-order valence-electron chi connectivity index (χ0n) is 15.7. The van der Waals surface area contributed by atoms with Gasteiger partial charge in [-0.2, -0.15) is 0 Å². The molecule has 6 nitrogen and oxygen atoms in total. The van der Waals surface area contributed by atoms with Gasteiger partial charge in [0.25, 0.3) is 5.91 Å². The van der Waals surface area contributed by atoms with Crippen LogP contribution in [0.25, 0.3) is 0 Å². The molecule has 6 heteroatoms. The van der Waals surface area contributed by atoms with E-state index in [1.807, 2.05) is 44.2 Å². The first kappa shape index (κ1) is 18.6. The fourth-order valence-electron chi connectivity index (χ4n) is 3.26. The van der Waals surface area contributed by atoms with Crippen molar-refractivity contribution < 1.29 is 14.4 Å². The van der Waals surface area contributed by atoms with Crippen molar-refractivity contribution in [3.8, 4) is 0 Å². The second-order valence-corrected chi connectivity index (χ2v) is 7.10. The lowest BCUT2D eigenvalue weighted by Gasteiger charge is -2.22. The molecule has 0 aromatic heterocycles. The second kappa shape index (κ2) is 7.23. The van der Waals surface area contributed by atoms with E-state index in [1.165, 1.54) is 0 Å². The average Bonchev–Trinajstić information content (AvgIpc) is 2.87. The Morgan fingerprint density at radius 3 is 2.37 bits per heavy atom. The average molecular weight is 365 g/mol. The molecule has 140 valence electrons. The van der Waals surface area contributed by atoms with Gasteiger partial charge >= 0.3 is 6.03 Å². The number of imide groups is 1. The molecular weight excluding hydrogens is 342 g/mol. The van der Waals surface area contributed by atoms with E-state index in [-0.39, 0.29) is 12.5 Å². The van der Waals surface area contributed by atoms with Crippen LogP contribution >= 0.6 is 0 Å². The molecule has 0 spiro atoms. The first-order valence-corrected chi connectivity index (χ1v) is 8.91. The summed E-state index contributed by atoms with van der Waals surface area (Å²) in [6, 6.07) is 15.9. The standard InChI is InChI=1S/C21H23N3O3/c1-14(2)16-11-7-8-12-17(16)22-18(25)13-24-19(26)21(3,23-20(24)27)15-9-5-4-6-10-15/h4-12,14H,13H2,1-3H3,(H,22,25)(H,23,27). The third kappa shape index (κ3) is 3.56. The highest BCUT2D eigenvalue weighted by Crippen LogP contribution is 2.29. The number of hydrogen-bond donors (Lipinski definition) is 2. The number of amides is 4. The van der Waals surface area contributed by atoms with Gasteiger partial charge in [0.2, 0.25) is 5.91 Å². The number of hydrogen-bond acceptors (Lipinski definition) is 3. The molecule has 0 saturated carbocycles. The topological polar surface area (TPSA) is 78.5 Å². The number of urea groups is 1. The van der Waals surface area contributed by atoms with Crippen LogP contribution < -0.4 is 10.6 Å². The number of carbonyl (C=O) groups excluding carboxylic acids is 3. The summed E-state index contributed by atoms with van der Waals surface area (Å²) in [4.78, 5) is 38.7. The van der Waals surface area contributed by atoms with Crippen molar-refractivity contribution >= 4 is 23.5 Å². The van der Waals surface area contributed by atoms with E-state index in [4.69, 9.17) is 0 Å². The van der Waals surface area contributed by atoms with Crippen LogP contribution in [0, 0.1) is 0 Å². The van der Waals surface area contributed by atoms with E-state index in [0.717, 1.165) is 10.5 Å². The van der Waals surface area contributed by atoms with Gasteiger partial charge in [-0.3, -0.25) is 14.5 Å². The van der Waals surface area contributed by atoms with Gasteiger partial charge in [0.15, 0.2) is 0 Å². The SMILES string of the molecule is CC(C)c1ccccc1NC(=O)CN1C(=O)NC(C)(c2ccccc2)C1=O. The highest BCUT2D eigenvalue weighted by atomic mass is 16.2. The minimum Gasteiger partial charge on any atom is -0.324 e. The minimum absolute atomic E-state index is 0.236. The first-order chi connectivity index (χ1) is 12.8. The van der Waals surface area contributed by atoms with Crippen molar-refractivity contribution in [3.63, 3.8) is 0 Å². The zero-order valence-corrected chi connectivity index (χ0v) is 15.7. The quantitative estimate of drug-likeness (QED) is 0.799. The molecule has 0 bridgehead atoms. The van der Waals surface area contributed by atoms with Gasteiger partial charge < -0.3 is 10.6 Å². The summed E-state index contributed by atoms with van der Waals surface area (Å²) in [6.45, 7) is 5.38. The molecule has 0 radical (unpaired) electrons. The highest BCUT2D eigenvalue weighted by Gasteiger charge is 2.49. The molecule has 1 aliphatic rings. The highest BCUT2D eigenvalue weighted by molar-refractivity contribution is 6.10. The molecular formula is C21H23N3O3. The van der Waals surface area contributed by atoms with E-state index in [1.54, 1.807) is 31.2 Å². The minimum atomic E-state index is -1.17. The molecule has 0 aliphatic carbocycles. The van der Waals surface area contributed by atoms with E-state index in [9.17, 15) is 14.4 Å². The fourth-order valence-corrected chi connectivity index (χ4v) is 3.26. The van der Waals surface area contributed by atoms with E-state index < -0.39 is 23.4 Å². The Morgan fingerprint density at radius 1 is 1.07 bits per heavy atom. The number of carbonyl (C=O) groups is 3. The summed E-state index contributed by atoms with van der Waals surface area (Å²) in [7, 11) is 0. The Hall–Kier alpha value is -3.15. The predicted molar refractivity (Wildman–Crippen MR) is 103 cm³/mol. The molecule has 1 atom stereocenters. The normalized spacial score (nSPS) is 19.3. The van der Waals surface area contributed by atoms with Crippen molar-refractivity contribution in [2.45, 2.75) is 32.2 Å². The zero-order chi connectivity index (χ0) is 19.6. The van der Waals surface area contributed by atoms with Gasteiger partial charge in [-0.15, -0.1) is 0 Å². The van der Waals surface area contributed by atoms with Gasteiger partial charge in [-0.1, -0.05) is 62.4 Å². The molecule has 1 unspecified atom stereocenters. The van der Waals surface area contributed by atoms with Crippen LogP contribution in [0.3, 0.4) is 0 Å². The van der Waals surface area contributed by atoms with Gasteiger partial charge in [-0.05, 0) is 30.0 Å². The van der Waals surface area contributed by atoms with Crippen LogP contribution in [0.5, 0.6) is 0 Å². The van der Waals surface area contributed by atoms with E-state index in [2.05, 4.69) is 10.6 Å². The Labute approximate surface area is 158 Å². The maximum absolute atomic E-state index is 12.9. The molecule has 2 aromatic rings. The van der Waals surface area contributed by atoms with Gasteiger partial charge in [0.05, 0.1) is 0 Å². The third-order valence-electron chi connectivity index (χ3n) is 4.78. The van der Waals surface area contributed by atoms with Gasteiger partial charge in [-0.25, -0.2) is 4.79 Å². The van der Waals surface area contributed by atoms with Crippen LogP contribution in [0.2, 0.25) is 0 Å². The molecule has 1 aliphatic heterocycles. The van der Waals surface area contributed by atoms with E-state index in [0.29, 0.717) is 11.3 Å². The van der Waals surface area contributed by atoms with Crippen LogP contribution in [0.1, 0.15) is 37.8 Å². The Kier molecular flexibility index (Phi) is 4.99. The summed E-state index contributed by atoms with van der Waals surface area (Å²) in [6.07, 6.45) is 0. The number of anilines is 1. The lowest BCUT2D eigenvalue weighted by atomic mass is 9.92. The van der Waals surface area contributed by atoms with Crippen molar-refractivity contribution in [1.29, 1.82) is 0 Å². The summed E-state index contributed by atoms with van der Waals surface area (Å²) < 4.78 is 0. The largest absolute Gasteiger partial charge is 0.325 e. The van der Waals surface area contributed by atoms with Crippen molar-refractivity contribution in [2.24, 2.45) is 0 Å². The molecule has 1 saturated heterocycles. The fraction of sp³-hybridized carbons (Fsp3) is 0.286. The molecule has 2 aromatic carbocycles. The summed E-state index contributed by atoms with van der Waals surface area (Å²) in [5.74, 6) is -0.616. The van der Waals surface area contributed by atoms with Gasteiger partial charge in [0.1, 0.15) is 12.1 Å². The maximum atomic E-state index is 12.9. The smallest absolute Gasteiger partial charge is 0.324 e. The summed E-state index contributed by atoms with van der Waals surface area (Å²) in [5, 5.41) is 5.52. The monoisotopic (exact) mass is 365 g/mol. The number of para-hydroxylation sites is 1. The predicted octanol–water partition coefficient (Wildman–Crippen LogP) is 3.22. The molecule has 3 rings (SSSR count). The first-order valence-electron chi connectivity index (χ1n) is 8.91. The molecule has 1 heterocycles. The number of nitrogens with one attached hydrogen (secondary N) is 2. The molecule has 1 fully saturated rings. The molecule has 27 heavy (non-hydrogen) atoms. The molecule has 2 N–H and O–H groups in total. The Balaban J connectivity index is 1.75. The van der Waals surface area contributed by atoms with E-state index >= 15 is 0 Å².